The van der Waals surface area contributed by atoms with E-state index in [1.807, 2.05) is 0 Å². The van der Waals surface area contributed by atoms with Gasteiger partial charge in [-0.1, -0.05) is 11.6 Å². The molecule has 1 aromatic rings. The predicted molar refractivity (Wildman–Crippen MR) is 54.7 cm³/mol. The smallest absolute Gasteiger partial charge is 0.251 e. The highest BCUT2D eigenvalue weighted by atomic mass is 35.5. The summed E-state index contributed by atoms with van der Waals surface area (Å²) in [5.74, 6) is -0.410. The lowest BCUT2D eigenvalue weighted by Gasteiger charge is -2.12. The summed E-state index contributed by atoms with van der Waals surface area (Å²) in [6.45, 7) is -0.637. The van der Waals surface area contributed by atoms with Crippen molar-refractivity contribution >= 4 is 17.5 Å². The number of aromatic nitrogens is 1. The Morgan fingerprint density at radius 2 is 2.20 bits per heavy atom. The highest BCUT2D eigenvalue weighted by Crippen LogP contribution is 2.06. The minimum absolute atomic E-state index is 0.215. The molecule has 0 bridgehead atoms. The highest BCUT2D eigenvalue weighted by molar-refractivity contribution is 6.29. The molecule has 0 aromatic carbocycles. The Balaban J connectivity index is 2.68. The van der Waals surface area contributed by atoms with E-state index in [0.29, 0.717) is 5.56 Å². The Morgan fingerprint density at radius 3 is 2.73 bits per heavy atom. The lowest BCUT2D eigenvalue weighted by atomic mass is 10.2. The summed E-state index contributed by atoms with van der Waals surface area (Å²) >= 11 is 5.60. The van der Waals surface area contributed by atoms with Gasteiger partial charge in [0.1, 0.15) is 5.15 Å². The molecular weight excluding hydrogens is 220 g/mol. The largest absolute Gasteiger partial charge is 0.394 e. The number of halogens is 1. The van der Waals surface area contributed by atoms with Gasteiger partial charge in [0.25, 0.3) is 5.91 Å². The molecule has 6 heteroatoms. The third-order valence-electron chi connectivity index (χ3n) is 1.76. The number of amides is 1. The van der Waals surface area contributed by atoms with Crippen LogP contribution in [0, 0.1) is 0 Å². The summed E-state index contributed by atoms with van der Waals surface area (Å²) in [6, 6.07) is 2.24. The Hall–Kier alpha value is -1.17. The minimum atomic E-state index is -0.663. The molecule has 1 aromatic heterocycles. The second kappa shape index (κ2) is 5.65. The molecule has 3 N–H and O–H groups in total. The van der Waals surface area contributed by atoms with E-state index < -0.39 is 11.9 Å². The first kappa shape index (κ1) is 11.9. The highest BCUT2D eigenvalue weighted by Gasteiger charge is 2.12. The van der Waals surface area contributed by atoms with E-state index in [1.165, 1.54) is 18.3 Å². The summed E-state index contributed by atoms with van der Waals surface area (Å²) in [7, 11) is 0. The minimum Gasteiger partial charge on any atom is -0.394 e. The van der Waals surface area contributed by atoms with Gasteiger partial charge in [0.15, 0.2) is 0 Å². The average Bonchev–Trinajstić information content (AvgIpc) is 2.25. The number of pyridine rings is 1. The van der Waals surface area contributed by atoms with Gasteiger partial charge in [-0.25, -0.2) is 4.98 Å². The van der Waals surface area contributed by atoms with Crippen molar-refractivity contribution in [1.82, 2.24) is 10.3 Å². The van der Waals surface area contributed by atoms with Crippen LogP contribution in [0.3, 0.4) is 0 Å². The molecule has 0 saturated carbocycles. The molecule has 0 fully saturated rings. The van der Waals surface area contributed by atoms with Crippen LogP contribution in [-0.4, -0.2) is 40.4 Å². The second-order valence-corrected chi connectivity index (χ2v) is 3.29. The summed E-state index contributed by atoms with van der Waals surface area (Å²) in [4.78, 5) is 15.2. The molecule has 1 heterocycles. The zero-order valence-electron chi connectivity index (χ0n) is 7.85. The van der Waals surface area contributed by atoms with Crippen molar-refractivity contribution in [2.45, 2.75) is 6.04 Å². The van der Waals surface area contributed by atoms with Crippen LogP contribution in [0.4, 0.5) is 0 Å². The van der Waals surface area contributed by atoms with Crippen molar-refractivity contribution < 1.29 is 15.0 Å². The van der Waals surface area contributed by atoms with Crippen LogP contribution in [0.1, 0.15) is 10.4 Å². The number of rotatable bonds is 4. The topological polar surface area (TPSA) is 82.5 Å². The van der Waals surface area contributed by atoms with Gasteiger partial charge in [-0.15, -0.1) is 0 Å². The van der Waals surface area contributed by atoms with Gasteiger partial charge in [-0.3, -0.25) is 4.79 Å². The van der Waals surface area contributed by atoms with Gasteiger partial charge < -0.3 is 15.5 Å². The molecule has 1 rings (SSSR count). The van der Waals surface area contributed by atoms with E-state index in [9.17, 15) is 4.79 Å². The Bertz CT molecular complexity index is 342. The standard InChI is InChI=1S/C9H11ClN2O3/c10-8-3-6(1-2-11-8)9(15)12-7(4-13)5-14/h1-3,7,13-14H,4-5H2,(H,12,15). The first-order valence-electron chi connectivity index (χ1n) is 4.31. The summed E-state index contributed by atoms with van der Waals surface area (Å²) in [6.07, 6.45) is 1.41. The quantitative estimate of drug-likeness (QED) is 0.627. The molecule has 0 atom stereocenters. The summed E-state index contributed by atoms with van der Waals surface area (Å²) in [5.41, 5.74) is 0.335. The van der Waals surface area contributed by atoms with Crippen LogP contribution in [0.5, 0.6) is 0 Å². The fraction of sp³-hybridized carbons (Fsp3) is 0.333. The maximum Gasteiger partial charge on any atom is 0.251 e. The van der Waals surface area contributed by atoms with Gasteiger partial charge in [0, 0.05) is 11.8 Å². The Kier molecular flexibility index (Phi) is 4.48. The molecular formula is C9H11ClN2O3. The third kappa shape index (κ3) is 3.47. The number of aliphatic hydroxyl groups is 2. The molecule has 1 amide bonds. The zero-order valence-corrected chi connectivity index (χ0v) is 8.61. The Morgan fingerprint density at radius 1 is 1.53 bits per heavy atom. The molecule has 5 nitrogen and oxygen atoms in total. The van der Waals surface area contributed by atoms with Gasteiger partial charge in [0.2, 0.25) is 0 Å². The van der Waals surface area contributed by atoms with Crippen LogP contribution < -0.4 is 5.32 Å². The fourth-order valence-corrected chi connectivity index (χ4v) is 1.14. The van der Waals surface area contributed by atoms with Crippen molar-refractivity contribution in [2.24, 2.45) is 0 Å². The number of nitrogens with zero attached hydrogens (tertiary/aromatic N) is 1. The number of aliphatic hydroxyl groups excluding tert-OH is 2. The lowest BCUT2D eigenvalue weighted by molar-refractivity contribution is 0.0879. The van der Waals surface area contributed by atoms with Gasteiger partial charge in [0.05, 0.1) is 19.3 Å². The van der Waals surface area contributed by atoms with E-state index >= 15 is 0 Å². The molecule has 0 radical (unpaired) electrons. The van der Waals surface area contributed by atoms with Crippen molar-refractivity contribution in [3.8, 4) is 0 Å². The third-order valence-corrected chi connectivity index (χ3v) is 1.97. The first-order chi connectivity index (χ1) is 7.17. The summed E-state index contributed by atoms with van der Waals surface area (Å²) < 4.78 is 0. The maximum absolute atomic E-state index is 11.5. The van der Waals surface area contributed by atoms with Gasteiger partial charge in [-0.05, 0) is 12.1 Å². The SMILES string of the molecule is O=C(NC(CO)CO)c1ccnc(Cl)c1. The molecule has 0 aliphatic carbocycles. The fourth-order valence-electron chi connectivity index (χ4n) is 0.961. The zero-order chi connectivity index (χ0) is 11.3. The van der Waals surface area contributed by atoms with Crippen LogP contribution in [0.2, 0.25) is 5.15 Å². The van der Waals surface area contributed by atoms with Gasteiger partial charge in [-0.2, -0.15) is 0 Å². The van der Waals surface area contributed by atoms with Gasteiger partial charge >= 0.3 is 0 Å². The monoisotopic (exact) mass is 230 g/mol. The van der Waals surface area contributed by atoms with E-state index in [-0.39, 0.29) is 18.4 Å². The van der Waals surface area contributed by atoms with E-state index in [2.05, 4.69) is 10.3 Å². The average molecular weight is 231 g/mol. The van der Waals surface area contributed by atoms with Crippen molar-refractivity contribution in [2.75, 3.05) is 13.2 Å². The number of hydrogen-bond acceptors (Lipinski definition) is 4. The van der Waals surface area contributed by atoms with Crippen molar-refractivity contribution in [3.63, 3.8) is 0 Å². The van der Waals surface area contributed by atoms with E-state index in [4.69, 9.17) is 21.8 Å². The van der Waals surface area contributed by atoms with E-state index in [0.717, 1.165) is 0 Å². The number of carbonyl (C=O) groups is 1. The molecule has 0 aliphatic heterocycles. The van der Waals surface area contributed by atoms with Crippen molar-refractivity contribution in [1.29, 1.82) is 0 Å². The predicted octanol–water partition coefficient (Wildman–Crippen LogP) is -0.182. The number of hydrogen-bond donors (Lipinski definition) is 3. The van der Waals surface area contributed by atoms with Crippen LogP contribution in [0.25, 0.3) is 0 Å². The first-order valence-corrected chi connectivity index (χ1v) is 4.69. The summed E-state index contributed by atoms with van der Waals surface area (Å²) in [5, 5.41) is 20.2. The molecule has 0 unspecified atom stereocenters. The van der Waals surface area contributed by atoms with Crippen LogP contribution in [-0.2, 0) is 0 Å². The number of carbonyl (C=O) groups excluding carboxylic acids is 1. The van der Waals surface area contributed by atoms with E-state index in [1.54, 1.807) is 0 Å². The van der Waals surface area contributed by atoms with Crippen LogP contribution in [0.15, 0.2) is 18.3 Å². The molecule has 15 heavy (non-hydrogen) atoms. The van der Waals surface area contributed by atoms with Crippen molar-refractivity contribution in [3.05, 3.63) is 29.0 Å². The maximum atomic E-state index is 11.5. The van der Waals surface area contributed by atoms with Crippen LogP contribution >= 0.6 is 11.6 Å². The number of nitrogens with one attached hydrogen (secondary N) is 1. The molecule has 0 saturated heterocycles. The second-order valence-electron chi connectivity index (χ2n) is 2.90. The molecule has 0 aliphatic rings. The molecule has 82 valence electrons. The normalized spacial score (nSPS) is 10.4. The molecule has 0 spiro atoms. The lowest BCUT2D eigenvalue weighted by Crippen LogP contribution is -2.40. The Labute approximate surface area is 91.7 Å².